The average Bonchev–Trinajstić information content (AvgIpc) is 2.86. The van der Waals surface area contributed by atoms with Gasteiger partial charge in [0.1, 0.15) is 0 Å². The van der Waals surface area contributed by atoms with Crippen molar-refractivity contribution >= 4 is 44.8 Å². The second-order valence-electron chi connectivity index (χ2n) is 6.48. The number of anilines is 2. The van der Waals surface area contributed by atoms with Crippen LogP contribution < -0.4 is 10.6 Å². The SMILES string of the molecule is CCc1cccc(NC(=O)CCS(=O)(=O)c2ccc3c(c2)NC(=O)CCS3)c1. The predicted octanol–water partition coefficient (Wildman–Crippen LogP) is 3.49. The highest BCUT2D eigenvalue weighted by molar-refractivity contribution is 7.99. The van der Waals surface area contributed by atoms with Crippen LogP contribution in [0.3, 0.4) is 0 Å². The maximum absolute atomic E-state index is 12.6. The second-order valence-corrected chi connectivity index (χ2v) is 9.72. The maximum atomic E-state index is 12.6. The molecular formula is C20H22N2O4S2. The summed E-state index contributed by atoms with van der Waals surface area (Å²) >= 11 is 1.51. The van der Waals surface area contributed by atoms with Crippen LogP contribution in [0.5, 0.6) is 0 Å². The van der Waals surface area contributed by atoms with E-state index in [1.165, 1.54) is 23.9 Å². The zero-order chi connectivity index (χ0) is 20.1. The van der Waals surface area contributed by atoms with Gasteiger partial charge in [0.2, 0.25) is 11.8 Å². The smallest absolute Gasteiger partial charge is 0.225 e. The van der Waals surface area contributed by atoms with Gasteiger partial charge in [-0.05, 0) is 42.3 Å². The van der Waals surface area contributed by atoms with Gasteiger partial charge in [-0.2, -0.15) is 0 Å². The number of carbonyl (C=O) groups is 2. The molecule has 2 amide bonds. The first-order chi connectivity index (χ1) is 13.4. The Kier molecular flexibility index (Phi) is 6.41. The van der Waals surface area contributed by atoms with Crippen molar-refractivity contribution in [3.05, 3.63) is 48.0 Å². The number of carbonyl (C=O) groups excluding carboxylic acids is 2. The van der Waals surface area contributed by atoms with Gasteiger partial charge < -0.3 is 10.6 Å². The van der Waals surface area contributed by atoms with Gasteiger partial charge in [-0.1, -0.05) is 19.1 Å². The average molecular weight is 419 g/mol. The molecule has 2 aromatic carbocycles. The minimum Gasteiger partial charge on any atom is -0.326 e. The summed E-state index contributed by atoms with van der Waals surface area (Å²) in [6.07, 6.45) is 1.10. The van der Waals surface area contributed by atoms with E-state index in [4.69, 9.17) is 0 Å². The highest BCUT2D eigenvalue weighted by Crippen LogP contribution is 2.33. The summed E-state index contributed by atoms with van der Waals surface area (Å²) in [5.41, 5.74) is 2.26. The van der Waals surface area contributed by atoms with Gasteiger partial charge in [0.25, 0.3) is 0 Å². The van der Waals surface area contributed by atoms with E-state index < -0.39 is 9.84 Å². The molecule has 1 aliphatic rings. The minimum atomic E-state index is -3.64. The topological polar surface area (TPSA) is 92.3 Å². The van der Waals surface area contributed by atoms with E-state index in [0.29, 0.717) is 23.5 Å². The summed E-state index contributed by atoms with van der Waals surface area (Å²) in [5, 5.41) is 5.48. The van der Waals surface area contributed by atoms with E-state index in [1.807, 2.05) is 25.1 Å². The summed E-state index contributed by atoms with van der Waals surface area (Å²) < 4.78 is 25.3. The second kappa shape index (κ2) is 8.79. The monoisotopic (exact) mass is 418 g/mol. The number of fused-ring (bicyclic) bond motifs is 1. The Bertz CT molecular complexity index is 1000. The molecule has 0 bridgehead atoms. The van der Waals surface area contributed by atoms with Crippen LogP contribution in [-0.4, -0.2) is 31.7 Å². The van der Waals surface area contributed by atoms with Gasteiger partial charge in [0.15, 0.2) is 9.84 Å². The third-order valence-electron chi connectivity index (χ3n) is 4.39. The van der Waals surface area contributed by atoms with Crippen LogP contribution in [0.4, 0.5) is 11.4 Å². The van der Waals surface area contributed by atoms with Gasteiger partial charge in [-0.15, -0.1) is 11.8 Å². The molecule has 28 heavy (non-hydrogen) atoms. The van der Waals surface area contributed by atoms with Gasteiger partial charge in [-0.3, -0.25) is 9.59 Å². The molecule has 148 valence electrons. The molecule has 0 unspecified atom stereocenters. The number of thioether (sulfide) groups is 1. The van der Waals surface area contributed by atoms with Crippen molar-refractivity contribution in [3.8, 4) is 0 Å². The molecule has 3 rings (SSSR count). The van der Waals surface area contributed by atoms with Crippen LogP contribution in [0.2, 0.25) is 0 Å². The lowest BCUT2D eigenvalue weighted by Crippen LogP contribution is -2.18. The van der Waals surface area contributed by atoms with Crippen LogP contribution in [0.15, 0.2) is 52.3 Å². The summed E-state index contributed by atoms with van der Waals surface area (Å²) in [6, 6.07) is 12.2. The van der Waals surface area contributed by atoms with E-state index in [1.54, 1.807) is 12.1 Å². The van der Waals surface area contributed by atoms with Gasteiger partial charge >= 0.3 is 0 Å². The first kappa shape index (κ1) is 20.4. The van der Waals surface area contributed by atoms with Crippen molar-refractivity contribution in [1.29, 1.82) is 0 Å². The number of sulfone groups is 1. The number of benzene rings is 2. The maximum Gasteiger partial charge on any atom is 0.225 e. The number of hydrogen-bond acceptors (Lipinski definition) is 5. The van der Waals surface area contributed by atoms with Crippen molar-refractivity contribution in [2.24, 2.45) is 0 Å². The van der Waals surface area contributed by atoms with Crippen LogP contribution in [0.25, 0.3) is 0 Å². The molecule has 1 heterocycles. The summed E-state index contributed by atoms with van der Waals surface area (Å²) in [5.74, 6) is -0.124. The molecular weight excluding hydrogens is 396 g/mol. The highest BCUT2D eigenvalue weighted by Gasteiger charge is 2.20. The Morgan fingerprint density at radius 1 is 1.21 bits per heavy atom. The Hall–Kier alpha value is -2.32. The summed E-state index contributed by atoms with van der Waals surface area (Å²) in [6.45, 7) is 2.02. The van der Waals surface area contributed by atoms with Crippen molar-refractivity contribution in [3.63, 3.8) is 0 Å². The Morgan fingerprint density at radius 2 is 2.04 bits per heavy atom. The Morgan fingerprint density at radius 3 is 2.82 bits per heavy atom. The predicted molar refractivity (Wildman–Crippen MR) is 112 cm³/mol. The van der Waals surface area contributed by atoms with E-state index in [9.17, 15) is 18.0 Å². The summed E-state index contributed by atoms with van der Waals surface area (Å²) in [4.78, 5) is 24.8. The van der Waals surface area contributed by atoms with Crippen LogP contribution in [-0.2, 0) is 25.8 Å². The quantitative estimate of drug-likeness (QED) is 0.749. The van der Waals surface area contributed by atoms with E-state index >= 15 is 0 Å². The molecule has 0 fully saturated rings. The fraction of sp³-hybridized carbons (Fsp3) is 0.300. The molecule has 8 heteroatoms. The zero-order valence-electron chi connectivity index (χ0n) is 15.5. The molecule has 6 nitrogen and oxygen atoms in total. The first-order valence-corrected chi connectivity index (χ1v) is 11.7. The van der Waals surface area contributed by atoms with Gasteiger partial charge in [-0.25, -0.2) is 8.42 Å². The van der Waals surface area contributed by atoms with Gasteiger partial charge in [0.05, 0.1) is 16.3 Å². The molecule has 0 aromatic heterocycles. The van der Waals surface area contributed by atoms with Crippen molar-refractivity contribution < 1.29 is 18.0 Å². The molecule has 1 aliphatic heterocycles. The lowest BCUT2D eigenvalue weighted by Gasteiger charge is -2.10. The van der Waals surface area contributed by atoms with Crippen LogP contribution >= 0.6 is 11.8 Å². The third kappa shape index (κ3) is 5.14. The molecule has 0 spiro atoms. The normalized spacial score (nSPS) is 14.0. The number of rotatable bonds is 6. The third-order valence-corrected chi connectivity index (χ3v) is 7.18. The number of nitrogens with one attached hydrogen (secondary N) is 2. The fourth-order valence-corrected chi connectivity index (χ4v) is 5.03. The molecule has 0 atom stereocenters. The number of aryl methyl sites for hydroxylation is 1. The van der Waals surface area contributed by atoms with E-state index in [2.05, 4.69) is 10.6 Å². The first-order valence-electron chi connectivity index (χ1n) is 9.05. The molecule has 2 aromatic rings. The van der Waals surface area contributed by atoms with Crippen LogP contribution in [0.1, 0.15) is 25.3 Å². The number of amides is 2. The van der Waals surface area contributed by atoms with E-state index in [-0.39, 0.29) is 28.9 Å². The van der Waals surface area contributed by atoms with E-state index in [0.717, 1.165) is 16.9 Å². The largest absolute Gasteiger partial charge is 0.326 e. The molecule has 0 aliphatic carbocycles. The lowest BCUT2D eigenvalue weighted by atomic mass is 10.1. The van der Waals surface area contributed by atoms with Gasteiger partial charge in [0, 0.05) is 29.2 Å². The lowest BCUT2D eigenvalue weighted by molar-refractivity contribution is -0.116. The molecule has 2 N–H and O–H groups in total. The molecule has 0 saturated carbocycles. The standard InChI is InChI=1S/C20H22N2O4S2/c1-2-14-4-3-5-15(12-14)21-20(24)9-11-28(25,26)16-6-7-18-17(13-16)22-19(23)8-10-27-18/h3-7,12-13H,2,8-11H2,1H3,(H,21,24)(H,22,23). The zero-order valence-corrected chi connectivity index (χ0v) is 17.2. The molecule has 0 radical (unpaired) electrons. The van der Waals surface area contributed by atoms with Crippen molar-refractivity contribution in [2.75, 3.05) is 22.1 Å². The Labute approximate surface area is 169 Å². The molecule has 0 saturated heterocycles. The summed E-state index contributed by atoms with van der Waals surface area (Å²) in [7, 11) is -3.64. The van der Waals surface area contributed by atoms with Crippen molar-refractivity contribution in [2.45, 2.75) is 36.0 Å². The highest BCUT2D eigenvalue weighted by atomic mass is 32.2. The van der Waals surface area contributed by atoms with Crippen molar-refractivity contribution in [1.82, 2.24) is 0 Å². The number of hydrogen-bond donors (Lipinski definition) is 2. The Balaban J connectivity index is 1.66. The van der Waals surface area contributed by atoms with Crippen LogP contribution in [0, 0.1) is 0 Å². The fourth-order valence-electron chi connectivity index (χ4n) is 2.83. The minimum absolute atomic E-state index is 0.106.